The van der Waals surface area contributed by atoms with Crippen LogP contribution in [0, 0.1) is 6.92 Å². The standard InChI is InChI=1S/C22H31N3O2/c1-19-16-23-25(17-19)18-22(26)24-13-8-4-2-3-5-10-20-11-6-7-12-21(20)27-15-9-14-24/h6-7,11-12,16-17H,2-5,8-10,13-15,18H2,1H3. The Kier molecular flexibility index (Phi) is 7.31. The Labute approximate surface area is 162 Å². The van der Waals surface area contributed by atoms with Gasteiger partial charge in [-0.05, 0) is 49.8 Å². The fraction of sp³-hybridized carbons (Fsp3) is 0.545. The molecule has 0 saturated carbocycles. The summed E-state index contributed by atoms with van der Waals surface area (Å²) in [6.07, 6.45) is 11.6. The van der Waals surface area contributed by atoms with Crippen molar-refractivity contribution in [2.75, 3.05) is 19.7 Å². The maximum Gasteiger partial charge on any atom is 0.244 e. The van der Waals surface area contributed by atoms with Crippen LogP contribution in [0.4, 0.5) is 0 Å². The third-order valence-corrected chi connectivity index (χ3v) is 5.09. The smallest absolute Gasteiger partial charge is 0.244 e. The van der Waals surface area contributed by atoms with E-state index >= 15 is 0 Å². The van der Waals surface area contributed by atoms with Crippen molar-refractivity contribution in [1.29, 1.82) is 0 Å². The highest BCUT2D eigenvalue weighted by Gasteiger charge is 2.15. The van der Waals surface area contributed by atoms with Crippen molar-refractivity contribution in [1.82, 2.24) is 14.7 Å². The molecule has 5 nitrogen and oxygen atoms in total. The van der Waals surface area contributed by atoms with Crippen LogP contribution in [0.5, 0.6) is 5.75 Å². The van der Waals surface area contributed by atoms with E-state index in [0.717, 1.165) is 43.7 Å². The second-order valence-corrected chi connectivity index (χ2v) is 7.42. The van der Waals surface area contributed by atoms with Crippen LogP contribution in [0.3, 0.4) is 0 Å². The van der Waals surface area contributed by atoms with Crippen LogP contribution in [0.2, 0.25) is 0 Å². The molecule has 1 aromatic carbocycles. The fourth-order valence-electron chi connectivity index (χ4n) is 3.59. The van der Waals surface area contributed by atoms with Crippen molar-refractivity contribution >= 4 is 5.91 Å². The summed E-state index contributed by atoms with van der Waals surface area (Å²) >= 11 is 0. The molecule has 1 amide bonds. The maximum atomic E-state index is 12.7. The molecule has 0 fully saturated rings. The van der Waals surface area contributed by atoms with Gasteiger partial charge in [0.1, 0.15) is 12.3 Å². The minimum Gasteiger partial charge on any atom is -0.493 e. The first-order valence-corrected chi connectivity index (χ1v) is 10.2. The van der Waals surface area contributed by atoms with Gasteiger partial charge in [0.25, 0.3) is 0 Å². The van der Waals surface area contributed by atoms with Gasteiger partial charge in [0, 0.05) is 19.3 Å². The number of amides is 1. The molecule has 1 aromatic heterocycles. The van der Waals surface area contributed by atoms with Crippen molar-refractivity contribution in [3.05, 3.63) is 47.8 Å². The monoisotopic (exact) mass is 369 g/mol. The molecule has 27 heavy (non-hydrogen) atoms. The Morgan fingerprint density at radius 1 is 1.07 bits per heavy atom. The first-order chi connectivity index (χ1) is 13.2. The van der Waals surface area contributed by atoms with E-state index in [2.05, 4.69) is 23.3 Å². The van der Waals surface area contributed by atoms with Crippen LogP contribution in [0.25, 0.3) is 0 Å². The van der Waals surface area contributed by atoms with Gasteiger partial charge >= 0.3 is 0 Å². The molecule has 3 rings (SSSR count). The highest BCUT2D eigenvalue weighted by Crippen LogP contribution is 2.21. The molecular weight excluding hydrogens is 338 g/mol. The normalized spacial score (nSPS) is 16.9. The Balaban J connectivity index is 1.59. The molecule has 0 radical (unpaired) electrons. The molecule has 0 spiro atoms. The number of para-hydroxylation sites is 1. The van der Waals surface area contributed by atoms with Gasteiger partial charge in [-0.1, -0.05) is 37.5 Å². The molecule has 0 atom stereocenters. The lowest BCUT2D eigenvalue weighted by Gasteiger charge is -2.23. The molecule has 1 aliphatic rings. The molecule has 146 valence electrons. The maximum absolute atomic E-state index is 12.7. The summed E-state index contributed by atoms with van der Waals surface area (Å²) in [4.78, 5) is 14.7. The van der Waals surface area contributed by atoms with Gasteiger partial charge in [-0.15, -0.1) is 0 Å². The summed E-state index contributed by atoms with van der Waals surface area (Å²) in [5.74, 6) is 1.14. The van der Waals surface area contributed by atoms with E-state index in [4.69, 9.17) is 4.74 Å². The summed E-state index contributed by atoms with van der Waals surface area (Å²) < 4.78 is 7.76. The molecule has 2 aromatic rings. The first-order valence-electron chi connectivity index (χ1n) is 10.2. The Morgan fingerprint density at radius 3 is 2.70 bits per heavy atom. The van der Waals surface area contributed by atoms with Crippen LogP contribution in [0.1, 0.15) is 49.7 Å². The summed E-state index contributed by atoms with van der Waals surface area (Å²) in [6, 6.07) is 8.35. The number of carbonyl (C=O) groups is 1. The van der Waals surface area contributed by atoms with Gasteiger partial charge in [-0.2, -0.15) is 5.10 Å². The van der Waals surface area contributed by atoms with Crippen molar-refractivity contribution in [2.24, 2.45) is 0 Å². The second kappa shape index (κ2) is 10.1. The topological polar surface area (TPSA) is 47.4 Å². The van der Waals surface area contributed by atoms with E-state index in [0.29, 0.717) is 13.2 Å². The molecule has 0 unspecified atom stereocenters. The third-order valence-electron chi connectivity index (χ3n) is 5.09. The Morgan fingerprint density at radius 2 is 1.85 bits per heavy atom. The van der Waals surface area contributed by atoms with E-state index in [1.54, 1.807) is 10.9 Å². The van der Waals surface area contributed by atoms with E-state index in [1.807, 2.05) is 24.1 Å². The van der Waals surface area contributed by atoms with Gasteiger partial charge in [0.2, 0.25) is 5.91 Å². The SMILES string of the molecule is Cc1cnn(CC(=O)N2CCCCCCCc3ccccc3OCCC2)c1. The van der Waals surface area contributed by atoms with Gasteiger partial charge in [0.15, 0.2) is 0 Å². The summed E-state index contributed by atoms with van der Waals surface area (Å²) in [7, 11) is 0. The molecule has 0 saturated heterocycles. The Bertz CT molecular complexity index is 726. The second-order valence-electron chi connectivity index (χ2n) is 7.42. The van der Waals surface area contributed by atoms with Crippen LogP contribution < -0.4 is 4.74 Å². The first kappa shape index (κ1) is 19.5. The number of ether oxygens (including phenoxy) is 1. The predicted molar refractivity (Wildman–Crippen MR) is 107 cm³/mol. The average Bonchev–Trinajstić information content (AvgIpc) is 3.07. The van der Waals surface area contributed by atoms with Crippen LogP contribution in [-0.2, 0) is 17.8 Å². The quantitative estimate of drug-likeness (QED) is 0.804. The van der Waals surface area contributed by atoms with Crippen LogP contribution in [-0.4, -0.2) is 40.3 Å². The zero-order chi connectivity index (χ0) is 18.9. The number of fused-ring (bicyclic) bond motifs is 1. The number of aryl methyl sites for hydroxylation is 2. The molecule has 0 N–H and O–H groups in total. The van der Waals surface area contributed by atoms with Crippen molar-refractivity contribution < 1.29 is 9.53 Å². The molecule has 1 aliphatic heterocycles. The van der Waals surface area contributed by atoms with E-state index in [1.165, 1.54) is 31.2 Å². The van der Waals surface area contributed by atoms with Gasteiger partial charge in [-0.25, -0.2) is 0 Å². The number of rotatable bonds is 2. The molecule has 0 aliphatic carbocycles. The van der Waals surface area contributed by atoms with Crippen molar-refractivity contribution in [3.63, 3.8) is 0 Å². The van der Waals surface area contributed by atoms with Gasteiger partial charge < -0.3 is 9.64 Å². The highest BCUT2D eigenvalue weighted by atomic mass is 16.5. The van der Waals surface area contributed by atoms with Crippen LogP contribution >= 0.6 is 0 Å². The van der Waals surface area contributed by atoms with E-state index < -0.39 is 0 Å². The number of hydrogen-bond acceptors (Lipinski definition) is 3. The third kappa shape index (κ3) is 6.12. The number of carbonyl (C=O) groups excluding carboxylic acids is 1. The van der Waals surface area contributed by atoms with Gasteiger partial charge in [0.05, 0.1) is 12.8 Å². The largest absolute Gasteiger partial charge is 0.493 e. The Hall–Kier alpha value is -2.30. The average molecular weight is 370 g/mol. The zero-order valence-corrected chi connectivity index (χ0v) is 16.4. The number of benzene rings is 1. The summed E-state index contributed by atoms with van der Waals surface area (Å²) in [5, 5.41) is 4.25. The number of hydrogen-bond donors (Lipinski definition) is 0. The zero-order valence-electron chi connectivity index (χ0n) is 16.4. The minimum atomic E-state index is 0.144. The lowest BCUT2D eigenvalue weighted by Crippen LogP contribution is -2.36. The molecular formula is C22H31N3O2. The number of aromatic nitrogens is 2. The van der Waals surface area contributed by atoms with Crippen molar-refractivity contribution in [3.8, 4) is 5.75 Å². The highest BCUT2D eigenvalue weighted by molar-refractivity contribution is 5.75. The van der Waals surface area contributed by atoms with Crippen LogP contribution in [0.15, 0.2) is 36.7 Å². The molecule has 0 bridgehead atoms. The molecule has 2 heterocycles. The summed E-state index contributed by atoms with van der Waals surface area (Å²) in [6.45, 7) is 4.51. The lowest BCUT2D eigenvalue weighted by atomic mass is 10.0. The lowest BCUT2D eigenvalue weighted by molar-refractivity contribution is -0.132. The fourth-order valence-corrected chi connectivity index (χ4v) is 3.59. The van der Waals surface area contributed by atoms with Gasteiger partial charge in [-0.3, -0.25) is 9.48 Å². The molecule has 5 heteroatoms. The van der Waals surface area contributed by atoms with E-state index in [9.17, 15) is 4.79 Å². The predicted octanol–water partition coefficient (Wildman–Crippen LogP) is 4.00. The summed E-state index contributed by atoms with van der Waals surface area (Å²) in [5.41, 5.74) is 2.38. The van der Waals surface area contributed by atoms with E-state index in [-0.39, 0.29) is 5.91 Å². The minimum absolute atomic E-state index is 0.144. The van der Waals surface area contributed by atoms with Crippen molar-refractivity contribution in [2.45, 2.75) is 58.4 Å². The number of nitrogens with zero attached hydrogens (tertiary/aromatic N) is 3.